The average molecular weight is 220 g/mol. The summed E-state index contributed by atoms with van der Waals surface area (Å²) < 4.78 is 5.36. The number of hydrogen-bond donors (Lipinski definition) is 2. The Balaban J connectivity index is 0. The van der Waals surface area contributed by atoms with E-state index < -0.39 is 0 Å². The average Bonchev–Trinajstić information content (AvgIpc) is 2.14. The van der Waals surface area contributed by atoms with E-state index in [9.17, 15) is 0 Å². The monoisotopic (exact) mass is 220 g/mol. The molecule has 0 bridgehead atoms. The summed E-state index contributed by atoms with van der Waals surface area (Å²) >= 11 is 0. The van der Waals surface area contributed by atoms with Gasteiger partial charge in [0.25, 0.3) is 0 Å². The molecule has 0 atom stereocenters. The van der Waals surface area contributed by atoms with Gasteiger partial charge in [-0.3, -0.25) is 0 Å². The molecule has 0 heterocycles. The molecule has 0 radical (unpaired) electrons. The van der Waals surface area contributed by atoms with Gasteiger partial charge >= 0.3 is 0 Å². The molecule has 3 heteroatoms. The largest absolute Gasteiger partial charge is 0.396 e. The Morgan fingerprint density at radius 3 is 1.33 bits per heavy atom. The fourth-order valence-electron chi connectivity index (χ4n) is 0.763. The molecule has 0 aliphatic heterocycles. The maximum Gasteiger partial charge on any atom is 0.0489 e. The van der Waals surface area contributed by atoms with Crippen LogP contribution in [0.2, 0.25) is 0 Å². The molecule has 15 heavy (non-hydrogen) atoms. The van der Waals surface area contributed by atoms with Crippen LogP contribution in [0.15, 0.2) is 0 Å². The molecule has 3 nitrogen and oxygen atoms in total. The Bertz CT molecular complexity index is 91.0. The summed E-state index contributed by atoms with van der Waals surface area (Å²) in [7, 11) is 0. The number of rotatable bonds is 7. The molecular weight excluding hydrogens is 192 g/mol. The van der Waals surface area contributed by atoms with Gasteiger partial charge < -0.3 is 14.9 Å². The molecule has 0 aliphatic rings. The van der Waals surface area contributed by atoms with Crippen molar-refractivity contribution in [1.29, 1.82) is 0 Å². The smallest absolute Gasteiger partial charge is 0.0489 e. The topological polar surface area (TPSA) is 49.7 Å². The molecule has 0 aromatic rings. The Morgan fingerprint density at radius 1 is 0.800 bits per heavy atom. The second-order valence-corrected chi connectivity index (χ2v) is 4.48. The van der Waals surface area contributed by atoms with E-state index in [1.165, 1.54) is 0 Å². The molecule has 0 aromatic carbocycles. The van der Waals surface area contributed by atoms with Gasteiger partial charge in [0.05, 0.1) is 0 Å². The van der Waals surface area contributed by atoms with Crippen molar-refractivity contribution in [2.45, 2.75) is 40.5 Å². The van der Waals surface area contributed by atoms with Crippen LogP contribution in [0.1, 0.15) is 40.5 Å². The minimum atomic E-state index is 0.195. The van der Waals surface area contributed by atoms with E-state index in [1.54, 1.807) is 0 Å². The third-order valence-electron chi connectivity index (χ3n) is 1.47. The van der Waals surface area contributed by atoms with Crippen LogP contribution in [-0.2, 0) is 4.74 Å². The number of ether oxygens (including phenoxy) is 1. The number of hydrogen-bond acceptors (Lipinski definition) is 3. The normalized spacial score (nSPS) is 10.4. The van der Waals surface area contributed by atoms with Crippen LogP contribution in [0.4, 0.5) is 0 Å². The molecule has 94 valence electrons. The van der Waals surface area contributed by atoms with Crippen LogP contribution >= 0.6 is 0 Å². The van der Waals surface area contributed by atoms with E-state index in [0.29, 0.717) is 11.8 Å². The number of aliphatic hydroxyl groups is 2. The first-order valence-electron chi connectivity index (χ1n) is 5.84. The Hall–Kier alpha value is -0.120. The molecule has 2 N–H and O–H groups in total. The third kappa shape index (κ3) is 24.8. The summed E-state index contributed by atoms with van der Waals surface area (Å²) in [6.07, 6.45) is 1.44. The van der Waals surface area contributed by atoms with Crippen LogP contribution in [0, 0.1) is 11.8 Å². The Kier molecular flexibility index (Phi) is 16.0. The lowest BCUT2D eigenvalue weighted by molar-refractivity contribution is 0.0886. The molecule has 0 saturated heterocycles. The van der Waals surface area contributed by atoms with Crippen molar-refractivity contribution in [3.63, 3.8) is 0 Å². The van der Waals surface area contributed by atoms with E-state index in [1.807, 2.05) is 0 Å². The van der Waals surface area contributed by atoms with Crippen molar-refractivity contribution in [2.24, 2.45) is 11.8 Å². The van der Waals surface area contributed by atoms with Gasteiger partial charge in [-0.05, 0) is 24.7 Å². The van der Waals surface area contributed by atoms with Crippen molar-refractivity contribution in [3.05, 3.63) is 0 Å². The predicted octanol–water partition coefficient (Wildman–Crippen LogP) is 2.07. The highest BCUT2D eigenvalue weighted by Crippen LogP contribution is 1.96. The summed E-state index contributed by atoms with van der Waals surface area (Å²) in [6.45, 7) is 10.9. The molecular formula is C12H28O3. The molecule has 0 unspecified atom stereocenters. The summed E-state index contributed by atoms with van der Waals surface area (Å²) in [4.78, 5) is 0. The number of aliphatic hydroxyl groups excluding tert-OH is 2. The molecule has 0 fully saturated rings. The molecule has 0 amide bonds. The molecule has 0 spiro atoms. The lowest BCUT2D eigenvalue weighted by Crippen LogP contribution is -2.06. The fourth-order valence-corrected chi connectivity index (χ4v) is 0.763. The molecule has 0 aromatic heterocycles. The lowest BCUT2D eigenvalue weighted by atomic mass is 10.2. The first-order valence-corrected chi connectivity index (χ1v) is 5.84. The van der Waals surface area contributed by atoms with E-state index in [0.717, 1.165) is 26.1 Å². The zero-order valence-corrected chi connectivity index (χ0v) is 10.7. The van der Waals surface area contributed by atoms with E-state index in [2.05, 4.69) is 27.7 Å². The third-order valence-corrected chi connectivity index (χ3v) is 1.47. The van der Waals surface area contributed by atoms with Gasteiger partial charge in [0.2, 0.25) is 0 Å². The van der Waals surface area contributed by atoms with Crippen LogP contribution in [-0.4, -0.2) is 36.6 Å². The second kappa shape index (κ2) is 13.9. The molecule has 0 aliphatic carbocycles. The van der Waals surface area contributed by atoms with Crippen LogP contribution < -0.4 is 0 Å². The molecule has 0 saturated carbocycles. The van der Waals surface area contributed by atoms with Gasteiger partial charge in [-0.2, -0.15) is 0 Å². The highest BCUT2D eigenvalue weighted by Gasteiger charge is 1.95. The zero-order valence-electron chi connectivity index (χ0n) is 10.7. The first-order chi connectivity index (χ1) is 7.04. The highest BCUT2D eigenvalue weighted by molar-refractivity contribution is 4.42. The number of unbranched alkanes of at least 4 members (excludes halogenated alkanes) is 1. The Labute approximate surface area is 94.5 Å². The van der Waals surface area contributed by atoms with Crippen LogP contribution in [0.3, 0.4) is 0 Å². The second-order valence-electron chi connectivity index (χ2n) is 4.48. The standard InChI is InChI=1S/C8H18O.C4H10O2/c1-7(2)5-9-6-8(3)4;5-3-1-2-4-6/h7-8H,5-6H2,1-4H3;5-6H,1-4H2. The van der Waals surface area contributed by atoms with E-state index >= 15 is 0 Å². The maximum absolute atomic E-state index is 8.09. The minimum absolute atomic E-state index is 0.195. The van der Waals surface area contributed by atoms with E-state index in [4.69, 9.17) is 14.9 Å². The highest BCUT2D eigenvalue weighted by atomic mass is 16.5. The Morgan fingerprint density at radius 2 is 1.13 bits per heavy atom. The van der Waals surface area contributed by atoms with Gasteiger partial charge in [0, 0.05) is 26.4 Å². The zero-order chi connectivity index (χ0) is 12.1. The van der Waals surface area contributed by atoms with Crippen molar-refractivity contribution >= 4 is 0 Å². The first kappa shape index (κ1) is 17.3. The van der Waals surface area contributed by atoms with Gasteiger partial charge in [-0.1, -0.05) is 27.7 Å². The van der Waals surface area contributed by atoms with Crippen molar-refractivity contribution in [3.8, 4) is 0 Å². The van der Waals surface area contributed by atoms with Gasteiger partial charge in [-0.15, -0.1) is 0 Å². The summed E-state index contributed by atoms with van der Waals surface area (Å²) in [5.41, 5.74) is 0. The maximum atomic E-state index is 8.09. The summed E-state index contributed by atoms with van der Waals surface area (Å²) in [6, 6.07) is 0. The summed E-state index contributed by atoms with van der Waals surface area (Å²) in [5, 5.41) is 16.2. The van der Waals surface area contributed by atoms with E-state index in [-0.39, 0.29) is 13.2 Å². The minimum Gasteiger partial charge on any atom is -0.396 e. The van der Waals surface area contributed by atoms with Crippen molar-refractivity contribution in [2.75, 3.05) is 26.4 Å². The van der Waals surface area contributed by atoms with Gasteiger partial charge in [0.15, 0.2) is 0 Å². The van der Waals surface area contributed by atoms with Gasteiger partial charge in [-0.25, -0.2) is 0 Å². The van der Waals surface area contributed by atoms with Crippen LogP contribution in [0.5, 0.6) is 0 Å². The quantitative estimate of drug-likeness (QED) is 0.646. The SMILES string of the molecule is CC(C)COCC(C)C.OCCCCO. The fraction of sp³-hybridized carbons (Fsp3) is 1.00. The predicted molar refractivity (Wildman–Crippen MR) is 63.9 cm³/mol. The lowest BCUT2D eigenvalue weighted by Gasteiger charge is -2.07. The molecule has 0 rings (SSSR count). The van der Waals surface area contributed by atoms with Gasteiger partial charge in [0.1, 0.15) is 0 Å². The van der Waals surface area contributed by atoms with Crippen molar-refractivity contribution < 1.29 is 14.9 Å². The van der Waals surface area contributed by atoms with Crippen molar-refractivity contribution in [1.82, 2.24) is 0 Å². The summed E-state index contributed by atoms with van der Waals surface area (Å²) in [5.74, 6) is 1.34. The van der Waals surface area contributed by atoms with Crippen LogP contribution in [0.25, 0.3) is 0 Å².